The zero-order valence-corrected chi connectivity index (χ0v) is 22.4. The lowest BCUT2D eigenvalue weighted by Gasteiger charge is -2.50. The van der Waals surface area contributed by atoms with Crippen molar-refractivity contribution in [2.24, 2.45) is 0 Å². The molecule has 9 nitrogen and oxygen atoms in total. The van der Waals surface area contributed by atoms with E-state index in [0.717, 1.165) is 11.3 Å². The number of H-pyrrole nitrogens is 1. The molecule has 1 fully saturated rings. The molecule has 202 valence electrons. The smallest absolute Gasteiger partial charge is 0.259 e. The van der Waals surface area contributed by atoms with Gasteiger partial charge in [-0.05, 0) is 48.9 Å². The van der Waals surface area contributed by atoms with Crippen molar-refractivity contribution in [2.45, 2.75) is 18.3 Å². The van der Waals surface area contributed by atoms with Crippen molar-refractivity contribution in [3.63, 3.8) is 0 Å². The summed E-state index contributed by atoms with van der Waals surface area (Å²) in [6.07, 6.45) is 0. The summed E-state index contributed by atoms with van der Waals surface area (Å²) in [7, 11) is 0. The van der Waals surface area contributed by atoms with Crippen molar-refractivity contribution < 1.29 is 19.1 Å². The number of thioether (sulfide) groups is 1. The number of nitrogens with one attached hydrogen (secondary N) is 2. The number of allylic oxidation sites excluding steroid dienone is 1. The predicted molar refractivity (Wildman–Crippen MR) is 153 cm³/mol. The van der Waals surface area contributed by atoms with Gasteiger partial charge in [-0.2, -0.15) is 0 Å². The summed E-state index contributed by atoms with van der Waals surface area (Å²) in [6.45, 7) is 2.01. The normalized spacial score (nSPS) is 18.2. The molecular weight excluding hydrogens is 528 g/mol. The molecule has 0 saturated carbocycles. The number of carbonyl (C=O) groups is 2. The van der Waals surface area contributed by atoms with Crippen LogP contribution in [-0.4, -0.2) is 57.1 Å². The van der Waals surface area contributed by atoms with Crippen LogP contribution in [0.15, 0.2) is 94.9 Å². The van der Waals surface area contributed by atoms with Crippen LogP contribution in [-0.2, 0) is 9.59 Å². The topological polar surface area (TPSA) is 114 Å². The van der Waals surface area contributed by atoms with E-state index in [0.29, 0.717) is 39.5 Å². The molecule has 2 aliphatic heterocycles. The van der Waals surface area contributed by atoms with E-state index in [2.05, 4.69) is 15.3 Å². The summed E-state index contributed by atoms with van der Waals surface area (Å²) in [5.74, 6) is 1.76. The van der Waals surface area contributed by atoms with Crippen LogP contribution in [0.4, 0.5) is 0 Å². The number of ether oxygens (including phenoxy) is 2. The van der Waals surface area contributed by atoms with Crippen molar-refractivity contribution in [1.29, 1.82) is 0 Å². The average molecular weight is 555 g/mol. The number of hydrogen-bond donors (Lipinski definition) is 2. The monoisotopic (exact) mass is 554 g/mol. The third-order valence-corrected chi connectivity index (χ3v) is 8.27. The van der Waals surface area contributed by atoms with Gasteiger partial charge < -0.3 is 19.8 Å². The quantitative estimate of drug-likeness (QED) is 0.319. The van der Waals surface area contributed by atoms with Gasteiger partial charge in [-0.15, -0.1) is 11.8 Å². The van der Waals surface area contributed by atoms with Gasteiger partial charge in [-0.1, -0.05) is 42.5 Å². The van der Waals surface area contributed by atoms with Crippen LogP contribution < -0.4 is 20.3 Å². The Bertz CT molecular complexity index is 1690. The molecule has 2 atom stereocenters. The number of hydrogen-bond acceptors (Lipinski definition) is 7. The molecule has 2 amide bonds. The molecule has 10 heteroatoms. The number of fused-ring (bicyclic) bond motifs is 2. The largest absolute Gasteiger partial charge is 0.488 e. The van der Waals surface area contributed by atoms with Crippen LogP contribution in [0, 0.1) is 0 Å². The number of carbonyl (C=O) groups excluding carboxylic acids is 2. The molecule has 0 bridgehead atoms. The Morgan fingerprint density at radius 2 is 1.77 bits per heavy atom. The fourth-order valence-corrected chi connectivity index (χ4v) is 6.23. The zero-order chi connectivity index (χ0) is 27.6. The first-order chi connectivity index (χ1) is 19.5. The first kappa shape index (κ1) is 25.7. The maximum Gasteiger partial charge on any atom is 0.259 e. The Morgan fingerprint density at radius 3 is 2.62 bits per heavy atom. The van der Waals surface area contributed by atoms with Gasteiger partial charge >= 0.3 is 0 Å². The van der Waals surface area contributed by atoms with Crippen molar-refractivity contribution in [2.75, 3.05) is 19.0 Å². The number of β-lactam (4-membered cyclic amide) rings is 1. The minimum Gasteiger partial charge on any atom is -0.488 e. The standard InChI is InChI=1S/C30H26N4O5S/c1-18-19(17-40-30-26(29(37)34(18)30)32-25(35)16-38-20-9-3-2-4-10-20)15-39-24-14-8-6-12-22(24)27-31-23-13-7-5-11-21(23)28(36)33-27/h2-14,26,30H,15-17H2,1H3,(H,32,35)(H,31,33,36). The van der Waals surface area contributed by atoms with Crippen LogP contribution in [0.1, 0.15) is 6.92 Å². The molecule has 1 aromatic heterocycles. The van der Waals surface area contributed by atoms with Crippen LogP contribution >= 0.6 is 11.8 Å². The van der Waals surface area contributed by atoms with E-state index in [4.69, 9.17) is 9.47 Å². The van der Waals surface area contributed by atoms with E-state index in [1.807, 2.05) is 55.5 Å². The molecule has 2 N–H and O–H groups in total. The van der Waals surface area contributed by atoms with Crippen LogP contribution in [0.25, 0.3) is 22.3 Å². The van der Waals surface area contributed by atoms with E-state index in [-0.39, 0.29) is 36.0 Å². The second-order valence-corrected chi connectivity index (χ2v) is 10.6. The fraction of sp³-hybridized carbons (Fsp3) is 0.200. The minimum absolute atomic E-state index is 0.154. The third kappa shape index (κ3) is 4.93. The summed E-state index contributed by atoms with van der Waals surface area (Å²) >= 11 is 1.58. The molecule has 2 aliphatic rings. The van der Waals surface area contributed by atoms with E-state index >= 15 is 0 Å². The molecule has 4 aromatic rings. The Kier molecular flexibility index (Phi) is 7.00. The summed E-state index contributed by atoms with van der Waals surface area (Å²) in [4.78, 5) is 47.2. The molecule has 2 unspecified atom stereocenters. The highest BCUT2D eigenvalue weighted by Crippen LogP contribution is 2.40. The first-order valence-corrected chi connectivity index (χ1v) is 13.9. The highest BCUT2D eigenvalue weighted by molar-refractivity contribution is 8.00. The second-order valence-electron chi connectivity index (χ2n) is 9.46. The molecule has 0 spiro atoms. The first-order valence-electron chi connectivity index (χ1n) is 12.8. The maximum atomic E-state index is 13.0. The number of rotatable bonds is 8. The van der Waals surface area contributed by atoms with E-state index in [1.165, 1.54) is 0 Å². The minimum atomic E-state index is -0.592. The molecule has 6 rings (SSSR count). The Balaban J connectivity index is 1.12. The van der Waals surface area contributed by atoms with Gasteiger partial charge in [0.1, 0.15) is 35.3 Å². The summed E-state index contributed by atoms with van der Waals surface area (Å²) in [6, 6.07) is 23.1. The summed E-state index contributed by atoms with van der Waals surface area (Å²) < 4.78 is 11.7. The van der Waals surface area contributed by atoms with E-state index in [9.17, 15) is 14.4 Å². The zero-order valence-electron chi connectivity index (χ0n) is 21.6. The maximum absolute atomic E-state index is 13.0. The van der Waals surface area contributed by atoms with Gasteiger partial charge in [0.25, 0.3) is 17.4 Å². The lowest BCUT2D eigenvalue weighted by Crippen LogP contribution is -2.70. The van der Waals surface area contributed by atoms with Crippen LogP contribution in [0.2, 0.25) is 0 Å². The van der Waals surface area contributed by atoms with E-state index in [1.54, 1.807) is 47.0 Å². The summed E-state index contributed by atoms with van der Waals surface area (Å²) in [5, 5.41) is 3.16. The van der Waals surface area contributed by atoms with Gasteiger partial charge in [-0.25, -0.2) is 4.98 Å². The third-order valence-electron chi connectivity index (χ3n) is 6.93. The molecule has 40 heavy (non-hydrogen) atoms. The van der Waals surface area contributed by atoms with Gasteiger partial charge in [0.2, 0.25) is 0 Å². The van der Waals surface area contributed by atoms with Crippen molar-refractivity contribution in [3.05, 3.63) is 100 Å². The Morgan fingerprint density at radius 1 is 1.02 bits per heavy atom. The fourth-order valence-electron chi connectivity index (χ4n) is 4.78. The van der Waals surface area contributed by atoms with Gasteiger partial charge in [0, 0.05) is 11.4 Å². The Labute approximate surface area is 234 Å². The summed E-state index contributed by atoms with van der Waals surface area (Å²) in [5.41, 5.74) is 2.86. The molecule has 0 aliphatic carbocycles. The SMILES string of the molecule is CC1=C(COc2ccccc2-c2nc3ccccc3c(=O)[nH]2)CSC2C(NC(=O)COc3ccccc3)C(=O)N12. The van der Waals surface area contributed by atoms with Gasteiger partial charge in [0.15, 0.2) is 6.61 Å². The van der Waals surface area contributed by atoms with Crippen molar-refractivity contribution >= 4 is 34.5 Å². The molecule has 3 aromatic carbocycles. The number of aromatic amines is 1. The second kappa shape index (κ2) is 10.9. The number of amides is 2. The van der Waals surface area contributed by atoms with Crippen molar-refractivity contribution in [1.82, 2.24) is 20.2 Å². The molecule has 3 heterocycles. The van der Waals surface area contributed by atoms with E-state index < -0.39 is 6.04 Å². The molecule has 0 radical (unpaired) electrons. The number of benzene rings is 3. The molecular formula is C30H26N4O5S. The number of aromatic nitrogens is 2. The lowest BCUT2D eigenvalue weighted by molar-refractivity contribution is -0.146. The molecule has 1 saturated heterocycles. The predicted octanol–water partition coefficient (Wildman–Crippen LogP) is 3.72. The van der Waals surface area contributed by atoms with Crippen LogP contribution in [0.3, 0.4) is 0 Å². The van der Waals surface area contributed by atoms with Gasteiger partial charge in [0.05, 0.1) is 16.5 Å². The lowest BCUT2D eigenvalue weighted by atomic mass is 10.0. The van der Waals surface area contributed by atoms with Gasteiger partial charge in [-0.3, -0.25) is 19.3 Å². The Hall–Kier alpha value is -4.57. The van der Waals surface area contributed by atoms with Crippen molar-refractivity contribution in [3.8, 4) is 22.9 Å². The highest BCUT2D eigenvalue weighted by Gasteiger charge is 2.51. The number of nitrogens with zero attached hydrogens (tertiary/aromatic N) is 2. The number of para-hydroxylation sites is 3. The van der Waals surface area contributed by atoms with Crippen LogP contribution in [0.5, 0.6) is 11.5 Å². The average Bonchev–Trinajstić information content (AvgIpc) is 2.98. The highest BCUT2D eigenvalue weighted by atomic mass is 32.2.